The van der Waals surface area contributed by atoms with Crippen LogP contribution in [0.2, 0.25) is 0 Å². The maximum Gasteiger partial charge on any atom is 0.241 e. The van der Waals surface area contributed by atoms with E-state index in [9.17, 15) is 4.79 Å². The Balaban J connectivity index is 1.80. The number of hydrogen-bond donors (Lipinski definition) is 2. The van der Waals surface area contributed by atoms with Gasteiger partial charge < -0.3 is 15.8 Å². The minimum atomic E-state index is -0.650. The topological polar surface area (TPSA) is 82.2 Å². The van der Waals surface area contributed by atoms with E-state index in [1.165, 1.54) is 0 Å². The van der Waals surface area contributed by atoms with Crippen molar-refractivity contribution in [3.05, 3.63) is 18.0 Å². The van der Waals surface area contributed by atoms with Gasteiger partial charge in [-0.15, -0.1) is 0 Å². The molecule has 0 aromatic carbocycles. The van der Waals surface area contributed by atoms with Gasteiger partial charge in [0.2, 0.25) is 5.91 Å². The van der Waals surface area contributed by atoms with Crippen molar-refractivity contribution in [2.75, 3.05) is 19.8 Å². The van der Waals surface area contributed by atoms with Gasteiger partial charge in [-0.3, -0.25) is 9.48 Å². The number of rotatable bonds is 4. The molecule has 2 heterocycles. The second-order valence-corrected chi connectivity index (χ2v) is 4.75. The van der Waals surface area contributed by atoms with Crippen molar-refractivity contribution in [3.8, 4) is 0 Å². The Morgan fingerprint density at radius 3 is 3.22 bits per heavy atom. The lowest BCUT2D eigenvalue weighted by Gasteiger charge is -2.22. The summed E-state index contributed by atoms with van der Waals surface area (Å²) >= 11 is 0. The summed E-state index contributed by atoms with van der Waals surface area (Å²) in [5.41, 5.74) is 6.60. The number of ether oxygens (including phenoxy) is 1. The highest BCUT2D eigenvalue weighted by Gasteiger charge is 2.19. The molecular formula is C12H20N4O2. The normalized spacial score (nSPS) is 21.6. The number of carbonyl (C=O) groups excluding carboxylic acids is 1. The van der Waals surface area contributed by atoms with Gasteiger partial charge >= 0.3 is 0 Å². The van der Waals surface area contributed by atoms with E-state index in [1.807, 2.05) is 0 Å². The second kappa shape index (κ2) is 5.97. The quantitative estimate of drug-likeness (QED) is 0.788. The zero-order chi connectivity index (χ0) is 13.0. The Morgan fingerprint density at radius 2 is 2.61 bits per heavy atom. The molecule has 1 fully saturated rings. The van der Waals surface area contributed by atoms with Crippen LogP contribution in [0, 0.1) is 5.92 Å². The molecule has 100 valence electrons. The first kappa shape index (κ1) is 13.0. The molecule has 3 N–H and O–H groups in total. The number of hydrogen-bond acceptors (Lipinski definition) is 4. The van der Waals surface area contributed by atoms with Crippen LogP contribution in [0.15, 0.2) is 12.4 Å². The van der Waals surface area contributed by atoms with Crippen molar-refractivity contribution >= 4 is 5.91 Å². The summed E-state index contributed by atoms with van der Waals surface area (Å²) in [6.07, 6.45) is 5.54. The van der Waals surface area contributed by atoms with E-state index in [1.54, 1.807) is 24.1 Å². The molecule has 0 bridgehead atoms. The molecular weight excluding hydrogens is 232 g/mol. The SMILES string of the molecule is Cn1cc(C(N)C(=O)NCC2CCCOC2)cn1. The maximum absolute atomic E-state index is 11.9. The first-order valence-electron chi connectivity index (χ1n) is 6.26. The summed E-state index contributed by atoms with van der Waals surface area (Å²) in [5.74, 6) is 0.248. The lowest BCUT2D eigenvalue weighted by Crippen LogP contribution is -2.38. The number of aryl methyl sites for hydroxylation is 1. The number of amides is 1. The fourth-order valence-electron chi connectivity index (χ4n) is 2.08. The van der Waals surface area contributed by atoms with Gasteiger partial charge in [-0.25, -0.2) is 0 Å². The van der Waals surface area contributed by atoms with Gasteiger partial charge in [0, 0.05) is 32.0 Å². The third kappa shape index (κ3) is 3.30. The van der Waals surface area contributed by atoms with Crippen LogP contribution in [0.4, 0.5) is 0 Å². The van der Waals surface area contributed by atoms with E-state index in [-0.39, 0.29) is 5.91 Å². The predicted molar refractivity (Wildman–Crippen MR) is 66.7 cm³/mol. The van der Waals surface area contributed by atoms with Gasteiger partial charge in [0.15, 0.2) is 0 Å². The molecule has 1 aromatic heterocycles. The zero-order valence-electron chi connectivity index (χ0n) is 10.6. The number of carbonyl (C=O) groups is 1. The van der Waals surface area contributed by atoms with Crippen LogP contribution in [0.1, 0.15) is 24.4 Å². The molecule has 6 heteroatoms. The van der Waals surface area contributed by atoms with Crippen molar-refractivity contribution in [2.45, 2.75) is 18.9 Å². The number of nitrogens with two attached hydrogens (primary N) is 1. The molecule has 1 aliphatic rings. The summed E-state index contributed by atoms with van der Waals surface area (Å²) in [5, 5.41) is 6.89. The Morgan fingerprint density at radius 1 is 1.78 bits per heavy atom. The molecule has 18 heavy (non-hydrogen) atoms. The first-order valence-corrected chi connectivity index (χ1v) is 6.26. The third-order valence-corrected chi connectivity index (χ3v) is 3.19. The van der Waals surface area contributed by atoms with Gasteiger partial charge in [-0.05, 0) is 18.8 Å². The fraction of sp³-hybridized carbons (Fsp3) is 0.667. The molecule has 0 radical (unpaired) electrons. The summed E-state index contributed by atoms with van der Waals surface area (Å²) in [4.78, 5) is 11.9. The molecule has 1 aliphatic heterocycles. The Labute approximate surface area is 106 Å². The number of aromatic nitrogens is 2. The highest BCUT2D eigenvalue weighted by Crippen LogP contribution is 2.13. The summed E-state index contributed by atoms with van der Waals surface area (Å²) in [6.45, 7) is 2.19. The smallest absolute Gasteiger partial charge is 0.241 e. The minimum absolute atomic E-state index is 0.159. The van der Waals surface area contributed by atoms with Crippen LogP contribution >= 0.6 is 0 Å². The molecule has 1 saturated heterocycles. The van der Waals surface area contributed by atoms with Crippen LogP contribution in [-0.4, -0.2) is 35.4 Å². The van der Waals surface area contributed by atoms with Gasteiger partial charge in [-0.1, -0.05) is 0 Å². The van der Waals surface area contributed by atoms with Crippen LogP contribution in [0.25, 0.3) is 0 Å². The van der Waals surface area contributed by atoms with Crippen molar-refractivity contribution in [1.82, 2.24) is 15.1 Å². The summed E-state index contributed by atoms with van der Waals surface area (Å²) < 4.78 is 7.00. The summed E-state index contributed by atoms with van der Waals surface area (Å²) in [6, 6.07) is -0.650. The maximum atomic E-state index is 11.9. The monoisotopic (exact) mass is 252 g/mol. The van der Waals surface area contributed by atoms with Crippen LogP contribution in [-0.2, 0) is 16.6 Å². The Hall–Kier alpha value is -1.40. The lowest BCUT2D eigenvalue weighted by molar-refractivity contribution is -0.122. The van der Waals surface area contributed by atoms with Gasteiger partial charge in [0.1, 0.15) is 6.04 Å². The van der Waals surface area contributed by atoms with Crippen LogP contribution in [0.5, 0.6) is 0 Å². The van der Waals surface area contributed by atoms with Crippen molar-refractivity contribution < 1.29 is 9.53 Å². The molecule has 1 amide bonds. The molecule has 6 nitrogen and oxygen atoms in total. The van der Waals surface area contributed by atoms with E-state index in [2.05, 4.69) is 10.4 Å². The molecule has 0 saturated carbocycles. The van der Waals surface area contributed by atoms with Crippen LogP contribution < -0.4 is 11.1 Å². The van der Waals surface area contributed by atoms with E-state index < -0.39 is 6.04 Å². The number of nitrogens with zero attached hydrogens (tertiary/aromatic N) is 2. The standard InChI is InChI=1S/C12H20N4O2/c1-16-7-10(6-15-16)11(13)12(17)14-5-9-3-2-4-18-8-9/h6-7,9,11H,2-5,8,13H2,1H3,(H,14,17). The van der Waals surface area contributed by atoms with Gasteiger partial charge in [-0.2, -0.15) is 5.10 Å². The fourth-order valence-corrected chi connectivity index (χ4v) is 2.08. The lowest BCUT2D eigenvalue weighted by atomic mass is 10.0. The van der Waals surface area contributed by atoms with E-state index >= 15 is 0 Å². The predicted octanol–water partition coefficient (Wildman–Crippen LogP) is -0.0373. The molecule has 2 rings (SSSR count). The summed E-state index contributed by atoms with van der Waals surface area (Å²) in [7, 11) is 1.80. The molecule has 2 unspecified atom stereocenters. The van der Waals surface area contributed by atoms with Gasteiger partial charge in [0.25, 0.3) is 0 Å². The first-order chi connectivity index (χ1) is 8.66. The molecule has 2 atom stereocenters. The van der Waals surface area contributed by atoms with E-state index in [0.717, 1.165) is 31.6 Å². The second-order valence-electron chi connectivity index (χ2n) is 4.75. The van der Waals surface area contributed by atoms with Gasteiger partial charge in [0.05, 0.1) is 12.8 Å². The molecule has 0 aliphatic carbocycles. The third-order valence-electron chi connectivity index (χ3n) is 3.19. The molecule has 0 spiro atoms. The Bertz CT molecular complexity index is 399. The average Bonchev–Trinajstić information content (AvgIpc) is 2.83. The highest BCUT2D eigenvalue weighted by atomic mass is 16.5. The highest BCUT2D eigenvalue weighted by molar-refractivity contribution is 5.82. The van der Waals surface area contributed by atoms with Crippen molar-refractivity contribution in [1.29, 1.82) is 0 Å². The van der Waals surface area contributed by atoms with E-state index in [4.69, 9.17) is 10.5 Å². The number of nitrogens with one attached hydrogen (secondary N) is 1. The van der Waals surface area contributed by atoms with E-state index in [0.29, 0.717) is 12.5 Å². The van der Waals surface area contributed by atoms with Crippen LogP contribution in [0.3, 0.4) is 0 Å². The largest absolute Gasteiger partial charge is 0.381 e. The van der Waals surface area contributed by atoms with Crippen molar-refractivity contribution in [3.63, 3.8) is 0 Å². The minimum Gasteiger partial charge on any atom is -0.381 e. The molecule has 1 aromatic rings. The zero-order valence-corrected chi connectivity index (χ0v) is 10.6. The Kier molecular flexibility index (Phi) is 4.33. The average molecular weight is 252 g/mol. The van der Waals surface area contributed by atoms with Crippen molar-refractivity contribution in [2.24, 2.45) is 18.7 Å².